The van der Waals surface area contributed by atoms with Crippen LogP contribution in [-0.2, 0) is 19.5 Å². The van der Waals surface area contributed by atoms with Gasteiger partial charge in [0.05, 0.1) is 23.0 Å². The van der Waals surface area contributed by atoms with Crippen LogP contribution in [0, 0.1) is 5.82 Å². The van der Waals surface area contributed by atoms with Crippen molar-refractivity contribution in [2.75, 3.05) is 18.9 Å². The Morgan fingerprint density at radius 1 is 1.22 bits per heavy atom. The van der Waals surface area contributed by atoms with Crippen LogP contribution in [0.5, 0.6) is 0 Å². The molecule has 0 bridgehead atoms. The van der Waals surface area contributed by atoms with Crippen LogP contribution >= 0.6 is 0 Å². The Hall–Kier alpha value is -3.85. The van der Waals surface area contributed by atoms with Crippen LogP contribution in [0.1, 0.15) is 27.2 Å². The number of primary amides is 1. The molecule has 4 aromatic rings. The summed E-state index contributed by atoms with van der Waals surface area (Å²) in [4.78, 5) is 23.6. The Morgan fingerprint density at radius 3 is 2.88 bits per heavy atom. The van der Waals surface area contributed by atoms with Crippen molar-refractivity contribution < 1.29 is 9.18 Å². The molecule has 3 N–H and O–H groups in total. The standard InChI is InChI=1S/C23H22FN7O/c1-30-9-8-17-19(13-30)28-23(29-22(17)26-11-14-4-2-5-15(24)10-14)31-20-7-3-6-16(21(25)32)18(20)12-27-31/h2-7,10,12H,8-9,11,13H2,1H3,(H2,25,32)(H,26,28,29). The van der Waals surface area contributed by atoms with Crippen LogP contribution in [0.25, 0.3) is 16.9 Å². The highest BCUT2D eigenvalue weighted by Crippen LogP contribution is 2.26. The number of amides is 1. The van der Waals surface area contributed by atoms with Gasteiger partial charge in [-0.1, -0.05) is 18.2 Å². The second-order valence-corrected chi connectivity index (χ2v) is 7.93. The second-order valence-electron chi connectivity index (χ2n) is 7.93. The molecular weight excluding hydrogens is 409 g/mol. The predicted molar refractivity (Wildman–Crippen MR) is 119 cm³/mol. The van der Waals surface area contributed by atoms with Gasteiger partial charge in [-0.25, -0.2) is 9.37 Å². The summed E-state index contributed by atoms with van der Waals surface area (Å²) < 4.78 is 15.2. The maximum absolute atomic E-state index is 13.6. The minimum absolute atomic E-state index is 0.274. The lowest BCUT2D eigenvalue weighted by Crippen LogP contribution is -2.29. The molecule has 0 fully saturated rings. The maximum atomic E-state index is 13.6. The van der Waals surface area contributed by atoms with E-state index in [9.17, 15) is 9.18 Å². The highest BCUT2D eigenvalue weighted by molar-refractivity contribution is 6.05. The van der Waals surface area contributed by atoms with Crippen LogP contribution in [0.3, 0.4) is 0 Å². The summed E-state index contributed by atoms with van der Waals surface area (Å²) >= 11 is 0. The molecule has 2 aromatic carbocycles. The number of fused-ring (bicyclic) bond motifs is 2. The molecule has 0 saturated carbocycles. The molecule has 0 saturated heterocycles. The van der Waals surface area contributed by atoms with Crippen molar-refractivity contribution in [3.8, 4) is 5.95 Å². The first kappa shape index (κ1) is 20.1. The van der Waals surface area contributed by atoms with E-state index in [-0.39, 0.29) is 5.82 Å². The summed E-state index contributed by atoms with van der Waals surface area (Å²) in [5.41, 5.74) is 9.40. The van der Waals surface area contributed by atoms with Crippen molar-refractivity contribution in [3.63, 3.8) is 0 Å². The Balaban J connectivity index is 1.58. The third kappa shape index (κ3) is 3.67. The summed E-state index contributed by atoms with van der Waals surface area (Å²) in [5, 5.41) is 8.45. The smallest absolute Gasteiger partial charge is 0.253 e. The number of nitrogens with one attached hydrogen (secondary N) is 1. The number of benzene rings is 2. The van der Waals surface area contributed by atoms with Gasteiger partial charge in [-0.3, -0.25) is 4.79 Å². The number of hydrogen-bond donors (Lipinski definition) is 2. The van der Waals surface area contributed by atoms with Gasteiger partial charge in [0.15, 0.2) is 0 Å². The summed E-state index contributed by atoms with van der Waals surface area (Å²) in [5.74, 6) is 0.319. The first-order valence-electron chi connectivity index (χ1n) is 10.3. The van der Waals surface area contributed by atoms with Crippen molar-refractivity contribution in [2.45, 2.75) is 19.5 Å². The normalized spacial score (nSPS) is 13.8. The van der Waals surface area contributed by atoms with E-state index in [0.717, 1.165) is 29.8 Å². The molecule has 1 aliphatic heterocycles. The summed E-state index contributed by atoms with van der Waals surface area (Å²) in [7, 11) is 2.05. The molecule has 5 rings (SSSR count). The van der Waals surface area contributed by atoms with Gasteiger partial charge in [0, 0.05) is 30.6 Å². The van der Waals surface area contributed by atoms with Crippen LogP contribution in [0.4, 0.5) is 10.2 Å². The molecular formula is C23H22FN7O. The Bertz CT molecular complexity index is 1330. The van der Waals surface area contributed by atoms with Gasteiger partial charge >= 0.3 is 0 Å². The van der Waals surface area contributed by atoms with Gasteiger partial charge < -0.3 is 16.0 Å². The van der Waals surface area contributed by atoms with Crippen molar-refractivity contribution in [1.82, 2.24) is 24.6 Å². The van der Waals surface area contributed by atoms with E-state index in [1.165, 1.54) is 12.1 Å². The number of carbonyl (C=O) groups is 1. The Labute approximate surface area is 183 Å². The lowest BCUT2D eigenvalue weighted by molar-refractivity contribution is 0.100. The molecule has 3 heterocycles. The molecule has 162 valence electrons. The minimum Gasteiger partial charge on any atom is -0.366 e. The fraction of sp³-hybridized carbons (Fsp3) is 0.217. The molecule has 0 atom stereocenters. The molecule has 2 aromatic heterocycles. The molecule has 0 spiro atoms. The molecule has 0 radical (unpaired) electrons. The first-order chi connectivity index (χ1) is 15.5. The van der Waals surface area contributed by atoms with E-state index >= 15 is 0 Å². The third-order valence-electron chi connectivity index (χ3n) is 5.66. The number of carbonyl (C=O) groups excluding carboxylic acids is 1. The van der Waals surface area contributed by atoms with E-state index in [2.05, 4.69) is 15.3 Å². The number of halogens is 1. The average molecular weight is 431 g/mol. The van der Waals surface area contributed by atoms with Gasteiger partial charge in [0.1, 0.15) is 11.6 Å². The van der Waals surface area contributed by atoms with Crippen molar-refractivity contribution in [1.29, 1.82) is 0 Å². The summed E-state index contributed by atoms with van der Waals surface area (Å²) in [6.45, 7) is 2.02. The highest BCUT2D eigenvalue weighted by Gasteiger charge is 2.22. The fourth-order valence-electron chi connectivity index (χ4n) is 4.05. The van der Waals surface area contributed by atoms with E-state index in [1.807, 2.05) is 19.2 Å². The van der Waals surface area contributed by atoms with Crippen LogP contribution < -0.4 is 11.1 Å². The Morgan fingerprint density at radius 2 is 2.06 bits per heavy atom. The highest BCUT2D eigenvalue weighted by atomic mass is 19.1. The maximum Gasteiger partial charge on any atom is 0.253 e. The van der Waals surface area contributed by atoms with Crippen molar-refractivity contribution >= 4 is 22.6 Å². The lowest BCUT2D eigenvalue weighted by Gasteiger charge is -2.26. The van der Waals surface area contributed by atoms with Crippen molar-refractivity contribution in [2.24, 2.45) is 5.73 Å². The molecule has 1 aliphatic rings. The molecule has 32 heavy (non-hydrogen) atoms. The summed E-state index contributed by atoms with van der Waals surface area (Å²) in [6.07, 6.45) is 2.41. The largest absolute Gasteiger partial charge is 0.366 e. The molecule has 8 nitrogen and oxygen atoms in total. The predicted octanol–water partition coefficient (Wildman–Crippen LogP) is 2.65. The van der Waals surface area contributed by atoms with E-state index in [0.29, 0.717) is 41.3 Å². The molecule has 1 amide bonds. The van der Waals surface area contributed by atoms with Gasteiger partial charge in [-0.15, -0.1) is 0 Å². The zero-order chi connectivity index (χ0) is 22.2. The minimum atomic E-state index is -0.513. The monoisotopic (exact) mass is 431 g/mol. The fourth-order valence-corrected chi connectivity index (χ4v) is 4.05. The van der Waals surface area contributed by atoms with Gasteiger partial charge in [0.2, 0.25) is 5.91 Å². The van der Waals surface area contributed by atoms with Gasteiger partial charge in [-0.2, -0.15) is 14.8 Å². The average Bonchev–Trinajstić information content (AvgIpc) is 3.21. The molecule has 9 heteroatoms. The van der Waals surface area contributed by atoms with Crippen molar-refractivity contribution in [3.05, 3.63) is 76.9 Å². The zero-order valence-electron chi connectivity index (χ0n) is 17.5. The van der Waals surface area contributed by atoms with E-state index < -0.39 is 5.91 Å². The van der Waals surface area contributed by atoms with Gasteiger partial charge in [-0.05, 0) is 43.3 Å². The Kier molecular flexibility index (Phi) is 5.02. The topological polar surface area (TPSA) is 102 Å². The number of anilines is 1. The van der Waals surface area contributed by atoms with Crippen LogP contribution in [0.15, 0.2) is 48.7 Å². The number of nitrogens with two attached hydrogens (primary N) is 1. The zero-order valence-corrected chi connectivity index (χ0v) is 17.5. The van der Waals surface area contributed by atoms with E-state index in [4.69, 9.17) is 15.7 Å². The van der Waals surface area contributed by atoms with Gasteiger partial charge in [0.25, 0.3) is 5.95 Å². The second kappa shape index (κ2) is 8.01. The SMILES string of the molecule is CN1CCc2c(nc(-n3ncc4c(C(N)=O)cccc43)nc2NCc2cccc(F)c2)C1. The molecule has 0 aliphatic carbocycles. The quantitative estimate of drug-likeness (QED) is 0.504. The molecule has 0 unspecified atom stereocenters. The van der Waals surface area contributed by atoms with Crippen LogP contribution in [-0.4, -0.2) is 44.1 Å². The number of nitrogens with zero attached hydrogens (tertiary/aromatic N) is 5. The number of likely N-dealkylation sites (N-methyl/N-ethyl adjacent to an activating group) is 1. The number of aromatic nitrogens is 4. The first-order valence-corrected chi connectivity index (χ1v) is 10.3. The van der Waals surface area contributed by atoms with E-state index in [1.54, 1.807) is 29.1 Å². The lowest BCUT2D eigenvalue weighted by atomic mass is 10.1. The number of rotatable bonds is 5. The third-order valence-corrected chi connectivity index (χ3v) is 5.66. The number of hydrogen-bond acceptors (Lipinski definition) is 6. The van der Waals surface area contributed by atoms with Crippen LogP contribution in [0.2, 0.25) is 0 Å². The summed E-state index contributed by atoms with van der Waals surface area (Å²) in [6, 6.07) is 11.8.